The van der Waals surface area contributed by atoms with Gasteiger partial charge in [-0.1, -0.05) is 13.8 Å². The molecule has 0 amide bonds. The number of carboxylic acids is 2. The molecular weight excluding hydrogens is 258 g/mol. The largest absolute Gasteiger partial charge is 1.00 e. The number of rotatable bonds is 6. The van der Waals surface area contributed by atoms with Crippen LogP contribution in [0.1, 0.15) is 26.7 Å². The van der Waals surface area contributed by atoms with E-state index in [-0.39, 0.29) is 12.4 Å². The van der Waals surface area contributed by atoms with Crippen molar-refractivity contribution >= 4 is 11.9 Å². The van der Waals surface area contributed by atoms with Crippen LogP contribution in [0.25, 0.3) is 0 Å². The van der Waals surface area contributed by atoms with E-state index in [9.17, 15) is 9.59 Å². The van der Waals surface area contributed by atoms with Crippen LogP contribution in [-0.2, 0) is 9.59 Å². The first-order valence-electron chi connectivity index (χ1n) is 6.24. The van der Waals surface area contributed by atoms with Crippen LogP contribution in [0.15, 0.2) is 0 Å². The first-order chi connectivity index (χ1) is 7.97. The molecule has 106 valence electrons. The fourth-order valence-electron chi connectivity index (χ4n) is 2.72. The molecule has 0 radical (unpaired) electrons. The van der Waals surface area contributed by atoms with Gasteiger partial charge in [0, 0.05) is 11.8 Å². The highest BCUT2D eigenvalue weighted by atomic mass is 35.5. The lowest BCUT2D eigenvalue weighted by Gasteiger charge is -2.21. The van der Waals surface area contributed by atoms with Crippen molar-refractivity contribution < 1.29 is 37.5 Å². The zero-order valence-electron chi connectivity index (χ0n) is 10.8. The summed E-state index contributed by atoms with van der Waals surface area (Å²) >= 11 is 0. The molecule has 0 aromatic carbocycles. The van der Waals surface area contributed by atoms with Gasteiger partial charge in [0.1, 0.15) is 0 Å². The van der Waals surface area contributed by atoms with E-state index >= 15 is 0 Å². The number of carboxylic acid groups (broad SMARTS) is 2. The number of halogens is 1. The quantitative estimate of drug-likeness (QED) is 0.484. The maximum Gasteiger partial charge on any atom is 0.307 e. The predicted molar refractivity (Wildman–Crippen MR) is 61.5 cm³/mol. The Balaban J connectivity index is 0.00000289. The minimum atomic E-state index is -1.02. The maximum absolute atomic E-state index is 11.2. The van der Waals surface area contributed by atoms with Gasteiger partial charge in [0.2, 0.25) is 0 Å². The second kappa shape index (κ2) is 7.59. The third-order valence-electron chi connectivity index (χ3n) is 4.00. The van der Waals surface area contributed by atoms with Crippen molar-refractivity contribution in [2.45, 2.75) is 26.7 Å². The second-order valence-electron chi connectivity index (χ2n) is 5.00. The fourth-order valence-corrected chi connectivity index (χ4v) is 2.72. The number of hydrogen-bond acceptors (Lipinski definition) is 2. The summed E-state index contributed by atoms with van der Waals surface area (Å²) in [6, 6.07) is 0. The van der Waals surface area contributed by atoms with Crippen LogP contribution in [0.5, 0.6) is 0 Å². The Morgan fingerprint density at radius 3 is 2.22 bits per heavy atom. The number of nitrogens with two attached hydrogens (primary N) is 1. The molecule has 0 bridgehead atoms. The number of aliphatic carboxylic acids is 2. The first-order valence-corrected chi connectivity index (χ1v) is 6.24. The zero-order chi connectivity index (χ0) is 13.0. The minimum absolute atomic E-state index is 0. The van der Waals surface area contributed by atoms with E-state index in [2.05, 4.69) is 12.2 Å². The molecule has 5 nitrogen and oxygen atoms in total. The molecule has 1 heterocycles. The van der Waals surface area contributed by atoms with Crippen LogP contribution in [0.2, 0.25) is 0 Å². The average molecular weight is 280 g/mol. The van der Waals surface area contributed by atoms with Gasteiger partial charge in [-0.2, -0.15) is 0 Å². The summed E-state index contributed by atoms with van der Waals surface area (Å²) in [5, 5.41) is 20.3. The Morgan fingerprint density at radius 2 is 1.78 bits per heavy atom. The summed E-state index contributed by atoms with van der Waals surface area (Å²) in [5.74, 6) is -2.72. The van der Waals surface area contributed by atoms with Crippen molar-refractivity contribution in [3.8, 4) is 0 Å². The Hall–Kier alpha value is -0.810. The molecule has 1 aliphatic heterocycles. The van der Waals surface area contributed by atoms with Gasteiger partial charge in [-0.25, -0.2) is 0 Å². The Morgan fingerprint density at radius 1 is 1.22 bits per heavy atom. The molecule has 0 aromatic heterocycles. The van der Waals surface area contributed by atoms with E-state index in [1.54, 1.807) is 0 Å². The molecule has 0 aliphatic carbocycles. The van der Waals surface area contributed by atoms with E-state index in [0.29, 0.717) is 18.3 Å². The van der Waals surface area contributed by atoms with E-state index in [1.165, 1.54) is 6.92 Å². The Bertz CT molecular complexity index is 298. The number of carbonyl (C=O) groups is 2. The van der Waals surface area contributed by atoms with Gasteiger partial charge in [0.25, 0.3) is 0 Å². The van der Waals surface area contributed by atoms with Gasteiger partial charge < -0.3 is 27.9 Å². The molecule has 0 spiro atoms. The molecule has 1 rings (SSSR count). The molecule has 0 saturated carbocycles. The van der Waals surface area contributed by atoms with Crippen LogP contribution in [0.3, 0.4) is 0 Å². The lowest BCUT2D eigenvalue weighted by molar-refractivity contribution is -0.640. The summed E-state index contributed by atoms with van der Waals surface area (Å²) in [6.45, 7) is 5.55. The highest BCUT2D eigenvalue weighted by Crippen LogP contribution is 2.28. The average Bonchev–Trinajstić information content (AvgIpc) is 2.71. The topological polar surface area (TPSA) is 91.2 Å². The van der Waals surface area contributed by atoms with Crippen LogP contribution in [0.4, 0.5) is 0 Å². The summed E-state index contributed by atoms with van der Waals surface area (Å²) in [6.07, 6.45) is 1.52. The third kappa shape index (κ3) is 4.14. The van der Waals surface area contributed by atoms with Crippen LogP contribution in [0, 0.1) is 23.7 Å². The lowest BCUT2D eigenvalue weighted by Crippen LogP contribution is -3.00. The molecule has 0 aromatic rings. The van der Waals surface area contributed by atoms with Crippen LogP contribution >= 0.6 is 0 Å². The number of quaternary nitrogens is 1. The SMILES string of the molecule is CCC1C[NH2+]CC1CC(C(=O)O)C(C)C(=O)O.[Cl-]. The van der Waals surface area contributed by atoms with Crippen LogP contribution < -0.4 is 17.7 Å². The Kier molecular flexibility index (Phi) is 7.25. The summed E-state index contributed by atoms with van der Waals surface area (Å²) in [5.41, 5.74) is 0. The van der Waals surface area contributed by atoms with Crippen molar-refractivity contribution in [3.05, 3.63) is 0 Å². The summed E-state index contributed by atoms with van der Waals surface area (Å²) < 4.78 is 0. The Labute approximate surface area is 113 Å². The molecule has 1 saturated heterocycles. The van der Waals surface area contributed by atoms with Crippen molar-refractivity contribution in [2.24, 2.45) is 23.7 Å². The molecule has 4 unspecified atom stereocenters. The van der Waals surface area contributed by atoms with E-state index in [4.69, 9.17) is 10.2 Å². The van der Waals surface area contributed by atoms with E-state index in [0.717, 1.165) is 19.5 Å². The van der Waals surface area contributed by atoms with E-state index < -0.39 is 23.8 Å². The first kappa shape index (κ1) is 17.2. The van der Waals surface area contributed by atoms with Gasteiger partial charge in [-0.05, 0) is 12.8 Å². The molecule has 4 N–H and O–H groups in total. The summed E-state index contributed by atoms with van der Waals surface area (Å²) in [4.78, 5) is 22.1. The van der Waals surface area contributed by atoms with Gasteiger partial charge >= 0.3 is 11.9 Å². The third-order valence-corrected chi connectivity index (χ3v) is 4.00. The monoisotopic (exact) mass is 279 g/mol. The van der Waals surface area contributed by atoms with Crippen molar-refractivity contribution in [1.29, 1.82) is 0 Å². The molecule has 6 heteroatoms. The minimum Gasteiger partial charge on any atom is -1.00 e. The number of hydrogen-bond donors (Lipinski definition) is 3. The van der Waals surface area contributed by atoms with Crippen molar-refractivity contribution in [3.63, 3.8) is 0 Å². The van der Waals surface area contributed by atoms with Gasteiger partial charge in [-0.3, -0.25) is 9.59 Å². The normalized spacial score (nSPS) is 26.1. The lowest BCUT2D eigenvalue weighted by atomic mass is 9.80. The molecule has 4 atom stereocenters. The highest BCUT2D eigenvalue weighted by molar-refractivity contribution is 5.79. The smallest absolute Gasteiger partial charge is 0.307 e. The van der Waals surface area contributed by atoms with Gasteiger partial charge in [0.15, 0.2) is 0 Å². The maximum atomic E-state index is 11.2. The van der Waals surface area contributed by atoms with Gasteiger partial charge in [0.05, 0.1) is 24.9 Å². The standard InChI is InChI=1S/C12H21NO4.ClH/c1-3-8-5-13-6-9(8)4-10(12(16)17)7(2)11(14)15;/h7-10,13H,3-6H2,1-2H3,(H,14,15)(H,16,17);1H. The molecule has 18 heavy (non-hydrogen) atoms. The van der Waals surface area contributed by atoms with Crippen molar-refractivity contribution in [2.75, 3.05) is 13.1 Å². The van der Waals surface area contributed by atoms with Gasteiger partial charge in [-0.15, -0.1) is 0 Å². The highest BCUT2D eigenvalue weighted by Gasteiger charge is 2.37. The van der Waals surface area contributed by atoms with Crippen molar-refractivity contribution in [1.82, 2.24) is 0 Å². The zero-order valence-corrected chi connectivity index (χ0v) is 11.6. The molecule has 1 fully saturated rings. The second-order valence-corrected chi connectivity index (χ2v) is 5.00. The molecule has 1 aliphatic rings. The predicted octanol–water partition coefficient (Wildman–Crippen LogP) is -2.98. The fraction of sp³-hybridized carbons (Fsp3) is 0.833. The van der Waals surface area contributed by atoms with E-state index in [1.807, 2.05) is 0 Å². The van der Waals surface area contributed by atoms with Crippen LogP contribution in [-0.4, -0.2) is 35.2 Å². The molecular formula is C12H22ClNO4. The summed E-state index contributed by atoms with van der Waals surface area (Å²) in [7, 11) is 0.